The van der Waals surface area contributed by atoms with E-state index in [1.54, 1.807) is 0 Å². The molecule has 1 aliphatic carbocycles. The summed E-state index contributed by atoms with van der Waals surface area (Å²) < 4.78 is 0. The summed E-state index contributed by atoms with van der Waals surface area (Å²) in [4.78, 5) is 9.08. The molecule has 1 fully saturated rings. The van der Waals surface area contributed by atoms with Gasteiger partial charge in [-0.15, -0.1) is 0 Å². The Labute approximate surface area is 137 Å². The van der Waals surface area contributed by atoms with Gasteiger partial charge in [0.25, 0.3) is 0 Å². The van der Waals surface area contributed by atoms with E-state index in [0.29, 0.717) is 5.92 Å². The zero-order chi connectivity index (χ0) is 15.4. The first kappa shape index (κ1) is 15.2. The van der Waals surface area contributed by atoms with Crippen LogP contribution in [0.4, 0.5) is 0 Å². The molecule has 3 heteroatoms. The van der Waals surface area contributed by atoms with Gasteiger partial charge in [0.05, 0.1) is 0 Å². The van der Waals surface area contributed by atoms with Gasteiger partial charge in [0.2, 0.25) is 0 Å². The zero-order valence-electron chi connectivity index (χ0n) is 12.9. The van der Waals surface area contributed by atoms with Gasteiger partial charge in [-0.3, -0.25) is 0 Å². The van der Waals surface area contributed by atoms with Crippen molar-refractivity contribution in [1.29, 1.82) is 0 Å². The third kappa shape index (κ3) is 3.56. The lowest BCUT2D eigenvalue weighted by atomic mass is 9.79. The molecule has 0 unspecified atom stereocenters. The molecule has 22 heavy (non-hydrogen) atoms. The van der Waals surface area contributed by atoms with E-state index in [1.807, 2.05) is 36.7 Å². The minimum atomic E-state index is 0.612. The van der Waals surface area contributed by atoms with Crippen LogP contribution in [0.25, 0.3) is 11.4 Å². The molecule has 0 aliphatic heterocycles. The minimum absolute atomic E-state index is 0.612. The predicted octanol–water partition coefficient (Wildman–Crippen LogP) is 5.65. The van der Waals surface area contributed by atoms with Gasteiger partial charge >= 0.3 is 0 Å². The maximum Gasteiger partial charge on any atom is 0.159 e. The van der Waals surface area contributed by atoms with E-state index in [1.165, 1.54) is 31.2 Å². The SMILES string of the molecule is CC=CC1CCC(c2cnc(-c3ccc(Cl)cc3)nc2)CC1. The predicted molar refractivity (Wildman–Crippen MR) is 92.0 cm³/mol. The number of benzene rings is 1. The van der Waals surface area contributed by atoms with Crippen LogP contribution >= 0.6 is 11.6 Å². The third-order valence-corrected chi connectivity index (χ3v) is 4.73. The molecule has 1 aliphatic rings. The van der Waals surface area contributed by atoms with Gasteiger partial charge in [-0.25, -0.2) is 9.97 Å². The molecule has 1 aromatic carbocycles. The molecule has 1 saturated carbocycles. The smallest absolute Gasteiger partial charge is 0.159 e. The summed E-state index contributed by atoms with van der Waals surface area (Å²) in [5, 5.41) is 0.734. The van der Waals surface area contributed by atoms with Crippen molar-refractivity contribution < 1.29 is 0 Å². The average molecular weight is 313 g/mol. The standard InChI is InChI=1S/C19H21ClN2/c1-2-3-14-4-6-15(7-5-14)17-12-21-19(22-13-17)16-8-10-18(20)11-9-16/h2-3,8-15H,4-7H2,1H3. The summed E-state index contributed by atoms with van der Waals surface area (Å²) in [6, 6.07) is 7.66. The molecular weight excluding hydrogens is 292 g/mol. The minimum Gasteiger partial charge on any atom is -0.236 e. The van der Waals surface area contributed by atoms with Crippen LogP contribution in [0.3, 0.4) is 0 Å². The first-order valence-electron chi connectivity index (χ1n) is 7.97. The second-order valence-corrected chi connectivity index (χ2v) is 6.42. The highest BCUT2D eigenvalue weighted by molar-refractivity contribution is 6.30. The first-order valence-corrected chi connectivity index (χ1v) is 8.34. The normalized spacial score (nSPS) is 22.1. The van der Waals surface area contributed by atoms with Crippen molar-refractivity contribution in [2.75, 3.05) is 0 Å². The fourth-order valence-electron chi connectivity index (χ4n) is 3.21. The van der Waals surface area contributed by atoms with Crippen LogP contribution in [-0.4, -0.2) is 9.97 Å². The Morgan fingerprint density at radius 3 is 2.23 bits per heavy atom. The van der Waals surface area contributed by atoms with Crippen molar-refractivity contribution in [3.8, 4) is 11.4 Å². The number of allylic oxidation sites excluding steroid dienone is 2. The molecule has 3 rings (SSSR count). The van der Waals surface area contributed by atoms with Crippen LogP contribution < -0.4 is 0 Å². The van der Waals surface area contributed by atoms with Gasteiger partial charge in [-0.2, -0.15) is 0 Å². The largest absolute Gasteiger partial charge is 0.236 e. The van der Waals surface area contributed by atoms with Crippen LogP contribution in [0.2, 0.25) is 5.02 Å². The van der Waals surface area contributed by atoms with Crippen molar-refractivity contribution in [2.24, 2.45) is 5.92 Å². The number of nitrogens with zero attached hydrogens (tertiary/aromatic N) is 2. The van der Waals surface area contributed by atoms with Gasteiger partial charge in [0, 0.05) is 23.0 Å². The summed E-state index contributed by atoms with van der Waals surface area (Å²) in [5.74, 6) is 2.14. The number of hydrogen-bond donors (Lipinski definition) is 0. The summed E-state index contributed by atoms with van der Waals surface area (Å²) >= 11 is 5.91. The van der Waals surface area contributed by atoms with Crippen LogP contribution in [0.1, 0.15) is 44.1 Å². The first-order chi connectivity index (χ1) is 10.8. The molecule has 0 amide bonds. The lowest BCUT2D eigenvalue weighted by Crippen LogP contribution is -2.12. The van der Waals surface area contributed by atoms with Gasteiger partial charge < -0.3 is 0 Å². The highest BCUT2D eigenvalue weighted by Crippen LogP contribution is 2.36. The van der Waals surface area contributed by atoms with Gasteiger partial charge in [-0.1, -0.05) is 23.8 Å². The highest BCUT2D eigenvalue weighted by Gasteiger charge is 2.21. The molecule has 114 valence electrons. The second-order valence-electron chi connectivity index (χ2n) is 5.98. The Kier molecular flexibility index (Phi) is 4.89. The van der Waals surface area contributed by atoms with E-state index in [4.69, 9.17) is 11.6 Å². The maximum atomic E-state index is 5.91. The van der Waals surface area contributed by atoms with E-state index in [9.17, 15) is 0 Å². The number of halogens is 1. The molecule has 2 nitrogen and oxygen atoms in total. The molecule has 2 aromatic rings. The summed E-state index contributed by atoms with van der Waals surface area (Å²) in [7, 11) is 0. The zero-order valence-corrected chi connectivity index (χ0v) is 13.6. The quantitative estimate of drug-likeness (QED) is 0.685. The fraction of sp³-hybridized carbons (Fsp3) is 0.368. The molecule has 0 spiro atoms. The fourth-order valence-corrected chi connectivity index (χ4v) is 3.34. The van der Waals surface area contributed by atoms with E-state index >= 15 is 0 Å². The number of hydrogen-bond acceptors (Lipinski definition) is 2. The third-order valence-electron chi connectivity index (χ3n) is 4.48. The Hall–Kier alpha value is -1.67. The molecule has 0 atom stereocenters. The molecule has 1 heterocycles. The highest BCUT2D eigenvalue weighted by atomic mass is 35.5. The van der Waals surface area contributed by atoms with Crippen LogP contribution in [-0.2, 0) is 0 Å². The summed E-state index contributed by atoms with van der Waals surface area (Å²) in [6.45, 7) is 2.11. The van der Waals surface area contributed by atoms with Crippen LogP contribution in [0.15, 0.2) is 48.8 Å². The summed E-state index contributed by atoms with van der Waals surface area (Å²) in [5.41, 5.74) is 2.28. The van der Waals surface area contributed by atoms with E-state index < -0.39 is 0 Å². The van der Waals surface area contributed by atoms with Crippen molar-refractivity contribution in [3.05, 3.63) is 59.4 Å². The topological polar surface area (TPSA) is 25.8 Å². The van der Waals surface area contributed by atoms with Crippen molar-refractivity contribution >= 4 is 11.6 Å². The Bertz CT molecular complexity index is 623. The van der Waals surface area contributed by atoms with Gasteiger partial charge in [0.1, 0.15) is 0 Å². The average Bonchev–Trinajstić information content (AvgIpc) is 2.57. The lowest BCUT2D eigenvalue weighted by molar-refractivity contribution is 0.375. The van der Waals surface area contributed by atoms with Crippen molar-refractivity contribution in [2.45, 2.75) is 38.5 Å². The summed E-state index contributed by atoms with van der Waals surface area (Å²) in [6.07, 6.45) is 13.5. The Morgan fingerprint density at radius 2 is 1.64 bits per heavy atom. The second kappa shape index (κ2) is 7.06. The Balaban J connectivity index is 1.68. The van der Waals surface area contributed by atoms with Gasteiger partial charge in [-0.05, 0) is 74.3 Å². The number of rotatable bonds is 3. The molecule has 0 bridgehead atoms. The van der Waals surface area contributed by atoms with Crippen molar-refractivity contribution in [3.63, 3.8) is 0 Å². The van der Waals surface area contributed by atoms with E-state index in [2.05, 4.69) is 29.0 Å². The van der Waals surface area contributed by atoms with Gasteiger partial charge in [0.15, 0.2) is 5.82 Å². The molecular formula is C19H21ClN2. The maximum absolute atomic E-state index is 5.91. The molecule has 0 N–H and O–H groups in total. The monoisotopic (exact) mass is 312 g/mol. The molecule has 0 radical (unpaired) electrons. The van der Waals surface area contributed by atoms with Crippen LogP contribution in [0, 0.1) is 5.92 Å². The Morgan fingerprint density at radius 1 is 1.00 bits per heavy atom. The lowest BCUT2D eigenvalue weighted by Gasteiger charge is -2.26. The van der Waals surface area contributed by atoms with E-state index in [0.717, 1.165) is 22.3 Å². The number of aromatic nitrogens is 2. The molecule has 1 aromatic heterocycles. The molecule has 0 saturated heterocycles. The van der Waals surface area contributed by atoms with Crippen LogP contribution in [0.5, 0.6) is 0 Å². The van der Waals surface area contributed by atoms with E-state index in [-0.39, 0.29) is 0 Å². The van der Waals surface area contributed by atoms with Crippen molar-refractivity contribution in [1.82, 2.24) is 9.97 Å².